The first-order chi connectivity index (χ1) is 17.2. The van der Waals surface area contributed by atoms with Crippen LogP contribution in [-0.2, 0) is 17.9 Å². The number of anilines is 1. The molecule has 6 heteroatoms. The largest absolute Gasteiger partial charge is 0.489 e. The van der Waals surface area contributed by atoms with E-state index in [2.05, 4.69) is 22.3 Å². The van der Waals surface area contributed by atoms with Gasteiger partial charge in [0.2, 0.25) is 0 Å². The molecule has 2 amide bonds. The van der Waals surface area contributed by atoms with Crippen LogP contribution in [0.2, 0.25) is 0 Å². The predicted octanol–water partition coefficient (Wildman–Crippen LogP) is 5.33. The fourth-order valence-electron chi connectivity index (χ4n) is 4.18. The van der Waals surface area contributed by atoms with Gasteiger partial charge >= 0.3 is 6.03 Å². The Morgan fingerprint density at radius 3 is 2.54 bits per heavy atom. The van der Waals surface area contributed by atoms with E-state index >= 15 is 0 Å². The van der Waals surface area contributed by atoms with E-state index in [1.54, 1.807) is 0 Å². The summed E-state index contributed by atoms with van der Waals surface area (Å²) < 4.78 is 11.5. The summed E-state index contributed by atoms with van der Waals surface area (Å²) >= 11 is 0. The number of aryl methyl sites for hydroxylation is 1. The van der Waals surface area contributed by atoms with Crippen molar-refractivity contribution in [2.45, 2.75) is 26.5 Å². The highest BCUT2D eigenvalue weighted by molar-refractivity contribution is 5.89. The number of urea groups is 1. The summed E-state index contributed by atoms with van der Waals surface area (Å²) in [6.07, 6.45) is 0.908. The first-order valence-electron chi connectivity index (χ1n) is 12.3. The molecule has 184 valence electrons. The Kier molecular flexibility index (Phi) is 9.15. The van der Waals surface area contributed by atoms with Crippen LogP contribution in [0.25, 0.3) is 0 Å². The molecular formula is C29H35N3O3. The van der Waals surface area contributed by atoms with Gasteiger partial charge in [-0.25, -0.2) is 4.79 Å². The highest BCUT2D eigenvalue weighted by Gasteiger charge is 2.16. The Morgan fingerprint density at radius 2 is 1.74 bits per heavy atom. The summed E-state index contributed by atoms with van der Waals surface area (Å²) in [4.78, 5) is 17.5. The Labute approximate surface area is 208 Å². The number of rotatable bonds is 10. The molecular weight excluding hydrogens is 438 g/mol. The zero-order chi connectivity index (χ0) is 24.3. The molecule has 0 unspecified atom stereocenters. The molecule has 4 rings (SSSR count). The quantitative estimate of drug-likeness (QED) is 0.432. The van der Waals surface area contributed by atoms with Crippen molar-refractivity contribution in [3.05, 3.63) is 95.6 Å². The molecule has 1 saturated heterocycles. The summed E-state index contributed by atoms with van der Waals surface area (Å²) in [6, 6.07) is 25.9. The van der Waals surface area contributed by atoms with Gasteiger partial charge in [-0.1, -0.05) is 54.6 Å². The van der Waals surface area contributed by atoms with Crippen LogP contribution in [0.15, 0.2) is 78.9 Å². The van der Waals surface area contributed by atoms with Crippen molar-refractivity contribution in [1.82, 2.24) is 9.80 Å². The first kappa shape index (κ1) is 24.8. The molecule has 3 aromatic carbocycles. The third-order valence-electron chi connectivity index (χ3n) is 6.08. The second kappa shape index (κ2) is 12.9. The van der Waals surface area contributed by atoms with E-state index in [4.69, 9.17) is 9.47 Å². The molecule has 6 nitrogen and oxygen atoms in total. The van der Waals surface area contributed by atoms with Gasteiger partial charge in [0.25, 0.3) is 0 Å². The van der Waals surface area contributed by atoms with Crippen molar-refractivity contribution < 1.29 is 14.3 Å². The lowest BCUT2D eigenvalue weighted by Gasteiger charge is -2.28. The van der Waals surface area contributed by atoms with Crippen molar-refractivity contribution in [2.75, 3.05) is 44.7 Å². The van der Waals surface area contributed by atoms with Crippen molar-refractivity contribution >= 4 is 11.7 Å². The molecule has 1 aliphatic heterocycles. The standard InChI is InChI=1S/C29H35N3O3/c1-24-8-5-12-27(20-24)30-29(33)32(15-7-14-31-16-18-34-19-17-31)22-26-11-6-13-28(21-26)35-23-25-9-3-2-4-10-25/h2-6,8-13,20-21H,7,14-19,22-23H2,1H3,(H,30,33). The number of ether oxygens (including phenoxy) is 2. The zero-order valence-corrected chi connectivity index (χ0v) is 20.5. The van der Waals surface area contributed by atoms with E-state index < -0.39 is 0 Å². The molecule has 1 N–H and O–H groups in total. The number of hydrogen-bond donors (Lipinski definition) is 1. The number of hydrogen-bond acceptors (Lipinski definition) is 4. The monoisotopic (exact) mass is 473 g/mol. The second-order valence-electron chi connectivity index (χ2n) is 8.95. The van der Waals surface area contributed by atoms with Crippen LogP contribution in [0.1, 0.15) is 23.1 Å². The Balaban J connectivity index is 1.40. The molecule has 0 spiro atoms. The van der Waals surface area contributed by atoms with Crippen LogP contribution >= 0.6 is 0 Å². The molecule has 0 atom stereocenters. The topological polar surface area (TPSA) is 54.0 Å². The van der Waals surface area contributed by atoms with Gasteiger partial charge in [-0.15, -0.1) is 0 Å². The molecule has 0 aromatic heterocycles. The SMILES string of the molecule is Cc1cccc(NC(=O)N(CCCN2CCOCC2)Cc2cccc(OCc3ccccc3)c2)c1. The van der Waals surface area contributed by atoms with E-state index in [-0.39, 0.29) is 6.03 Å². The van der Waals surface area contributed by atoms with E-state index in [0.29, 0.717) is 19.7 Å². The van der Waals surface area contributed by atoms with Gasteiger partial charge in [0.1, 0.15) is 12.4 Å². The number of carbonyl (C=O) groups is 1. The van der Waals surface area contributed by atoms with Crippen LogP contribution in [0.3, 0.4) is 0 Å². The molecule has 0 saturated carbocycles. The summed E-state index contributed by atoms with van der Waals surface area (Å²) in [5, 5.41) is 3.07. The minimum Gasteiger partial charge on any atom is -0.489 e. The van der Waals surface area contributed by atoms with Crippen molar-refractivity contribution in [2.24, 2.45) is 0 Å². The van der Waals surface area contributed by atoms with Crippen molar-refractivity contribution in [3.63, 3.8) is 0 Å². The maximum Gasteiger partial charge on any atom is 0.322 e. The fraction of sp³-hybridized carbons (Fsp3) is 0.345. The zero-order valence-electron chi connectivity index (χ0n) is 20.5. The molecule has 35 heavy (non-hydrogen) atoms. The lowest BCUT2D eigenvalue weighted by molar-refractivity contribution is 0.0365. The van der Waals surface area contributed by atoms with Crippen LogP contribution in [0, 0.1) is 6.92 Å². The lowest BCUT2D eigenvalue weighted by Crippen LogP contribution is -2.40. The summed E-state index contributed by atoms with van der Waals surface area (Å²) in [7, 11) is 0. The Hall–Kier alpha value is -3.35. The van der Waals surface area contributed by atoms with Gasteiger partial charge < -0.3 is 19.7 Å². The number of morpholine rings is 1. The van der Waals surface area contributed by atoms with Gasteiger partial charge in [-0.2, -0.15) is 0 Å². The molecule has 3 aromatic rings. The number of amides is 2. The summed E-state index contributed by atoms with van der Waals surface area (Å²) in [5.41, 5.74) is 4.10. The number of nitrogens with one attached hydrogen (secondary N) is 1. The Bertz CT molecular complexity index is 1070. The molecule has 1 aliphatic rings. The third kappa shape index (κ3) is 8.12. The van der Waals surface area contributed by atoms with Gasteiger partial charge in [0, 0.05) is 38.4 Å². The molecule has 0 bridgehead atoms. The van der Waals surface area contributed by atoms with E-state index in [9.17, 15) is 4.79 Å². The number of benzene rings is 3. The number of nitrogens with zero attached hydrogens (tertiary/aromatic N) is 2. The van der Waals surface area contributed by atoms with Gasteiger partial charge in [0.05, 0.1) is 13.2 Å². The van der Waals surface area contributed by atoms with E-state index in [1.807, 2.05) is 78.6 Å². The minimum atomic E-state index is -0.0896. The van der Waals surface area contributed by atoms with Gasteiger partial charge in [-0.05, 0) is 54.3 Å². The maximum absolute atomic E-state index is 13.3. The number of carbonyl (C=O) groups excluding carboxylic acids is 1. The fourth-order valence-corrected chi connectivity index (χ4v) is 4.18. The third-order valence-corrected chi connectivity index (χ3v) is 6.08. The highest BCUT2D eigenvalue weighted by atomic mass is 16.5. The second-order valence-corrected chi connectivity index (χ2v) is 8.95. The molecule has 0 aliphatic carbocycles. The average Bonchev–Trinajstić information content (AvgIpc) is 2.88. The van der Waals surface area contributed by atoms with Crippen molar-refractivity contribution in [3.8, 4) is 5.75 Å². The molecule has 0 radical (unpaired) electrons. The van der Waals surface area contributed by atoms with E-state index in [0.717, 1.165) is 67.4 Å². The van der Waals surface area contributed by atoms with Crippen LogP contribution in [0.5, 0.6) is 5.75 Å². The van der Waals surface area contributed by atoms with Crippen LogP contribution in [-0.4, -0.2) is 55.2 Å². The summed E-state index contributed by atoms with van der Waals surface area (Å²) in [6.45, 7) is 8.16. The normalized spacial score (nSPS) is 13.9. The predicted molar refractivity (Wildman–Crippen MR) is 140 cm³/mol. The smallest absolute Gasteiger partial charge is 0.322 e. The van der Waals surface area contributed by atoms with Crippen LogP contribution < -0.4 is 10.1 Å². The van der Waals surface area contributed by atoms with E-state index in [1.165, 1.54) is 0 Å². The Morgan fingerprint density at radius 1 is 0.971 bits per heavy atom. The van der Waals surface area contributed by atoms with Gasteiger partial charge in [0.15, 0.2) is 0 Å². The van der Waals surface area contributed by atoms with Gasteiger partial charge in [-0.3, -0.25) is 4.90 Å². The highest BCUT2D eigenvalue weighted by Crippen LogP contribution is 2.18. The minimum absolute atomic E-state index is 0.0896. The van der Waals surface area contributed by atoms with Crippen molar-refractivity contribution in [1.29, 1.82) is 0 Å². The first-order valence-corrected chi connectivity index (χ1v) is 12.3. The molecule has 1 fully saturated rings. The lowest BCUT2D eigenvalue weighted by atomic mass is 10.2. The average molecular weight is 474 g/mol. The maximum atomic E-state index is 13.3. The summed E-state index contributed by atoms with van der Waals surface area (Å²) in [5.74, 6) is 0.804. The molecule has 1 heterocycles. The van der Waals surface area contributed by atoms with Crippen LogP contribution in [0.4, 0.5) is 10.5 Å².